The van der Waals surface area contributed by atoms with Gasteiger partial charge < -0.3 is 10.1 Å². The van der Waals surface area contributed by atoms with Crippen LogP contribution in [0.1, 0.15) is 35.3 Å². The van der Waals surface area contributed by atoms with Crippen LogP contribution in [0.4, 0.5) is 14.5 Å². The number of nitrogens with zero attached hydrogens (tertiary/aromatic N) is 3. The zero-order valence-electron chi connectivity index (χ0n) is 18.5. The molecule has 0 saturated heterocycles. The monoisotopic (exact) mass is 463 g/mol. The van der Waals surface area contributed by atoms with Crippen molar-refractivity contribution < 1.29 is 18.3 Å². The maximum Gasteiger partial charge on any atom is 0.276 e. The third kappa shape index (κ3) is 4.59. The van der Waals surface area contributed by atoms with Gasteiger partial charge in [0.05, 0.1) is 24.5 Å². The fraction of sp³-hybridized carbons (Fsp3) is 0.280. The molecule has 1 aliphatic rings. The lowest BCUT2D eigenvalue weighted by Crippen LogP contribution is -2.13. The summed E-state index contributed by atoms with van der Waals surface area (Å²) in [4.78, 5) is 21.3. The van der Waals surface area contributed by atoms with Crippen LogP contribution in [-0.2, 0) is 6.42 Å². The SMILES string of the molecule is COc1ccc(NC(=O)c2n[nH]c3ccc(-c4cncc(CC5CCC(F)(F)C5)c4)cc23)cn1. The molecule has 1 aliphatic carbocycles. The summed E-state index contributed by atoms with van der Waals surface area (Å²) in [6.45, 7) is 0. The summed E-state index contributed by atoms with van der Waals surface area (Å²) in [5.74, 6) is -2.51. The molecule has 1 amide bonds. The van der Waals surface area contributed by atoms with Crippen LogP contribution in [0.25, 0.3) is 22.0 Å². The number of alkyl halides is 2. The number of pyridine rings is 2. The Kier molecular flexibility index (Phi) is 5.69. The molecule has 34 heavy (non-hydrogen) atoms. The highest BCUT2D eigenvalue weighted by atomic mass is 19.3. The summed E-state index contributed by atoms with van der Waals surface area (Å²) in [6.07, 6.45) is 5.97. The van der Waals surface area contributed by atoms with Gasteiger partial charge in [0.1, 0.15) is 0 Å². The summed E-state index contributed by atoms with van der Waals surface area (Å²) in [5, 5.41) is 10.5. The van der Waals surface area contributed by atoms with Gasteiger partial charge in [-0.3, -0.25) is 14.9 Å². The average molecular weight is 463 g/mol. The third-order valence-corrected chi connectivity index (χ3v) is 6.14. The van der Waals surface area contributed by atoms with Gasteiger partial charge in [0.15, 0.2) is 5.69 Å². The number of anilines is 1. The van der Waals surface area contributed by atoms with E-state index in [2.05, 4.69) is 25.5 Å². The van der Waals surface area contributed by atoms with Crippen molar-refractivity contribution in [2.75, 3.05) is 12.4 Å². The van der Waals surface area contributed by atoms with Crippen LogP contribution in [-0.4, -0.2) is 39.1 Å². The van der Waals surface area contributed by atoms with Crippen LogP contribution in [0.15, 0.2) is 55.0 Å². The van der Waals surface area contributed by atoms with E-state index in [1.54, 1.807) is 24.5 Å². The van der Waals surface area contributed by atoms with E-state index in [0.29, 0.717) is 29.8 Å². The quantitative estimate of drug-likeness (QED) is 0.407. The predicted molar refractivity (Wildman–Crippen MR) is 124 cm³/mol. The summed E-state index contributed by atoms with van der Waals surface area (Å²) < 4.78 is 32.2. The first kappa shape index (κ1) is 21.9. The molecule has 0 spiro atoms. The molecular formula is C25H23F2N5O2. The number of halogens is 2. The summed E-state index contributed by atoms with van der Waals surface area (Å²) in [7, 11) is 1.52. The van der Waals surface area contributed by atoms with Gasteiger partial charge >= 0.3 is 0 Å². The Bertz CT molecular complexity index is 1340. The van der Waals surface area contributed by atoms with Gasteiger partial charge in [-0.25, -0.2) is 13.8 Å². The molecule has 2 N–H and O–H groups in total. The molecule has 174 valence electrons. The lowest BCUT2D eigenvalue weighted by Gasteiger charge is -2.11. The Morgan fingerprint density at radius 1 is 1.18 bits per heavy atom. The molecular weight excluding hydrogens is 440 g/mol. The number of nitrogens with one attached hydrogen (secondary N) is 2. The summed E-state index contributed by atoms with van der Waals surface area (Å²) in [5.41, 5.74) is 4.14. The molecule has 5 rings (SSSR count). The predicted octanol–water partition coefficient (Wildman–Crippen LogP) is 5.26. The molecule has 4 aromatic rings. The minimum absolute atomic E-state index is 0.0360. The summed E-state index contributed by atoms with van der Waals surface area (Å²) >= 11 is 0. The molecule has 0 radical (unpaired) electrons. The highest BCUT2D eigenvalue weighted by Gasteiger charge is 2.39. The van der Waals surface area contributed by atoms with E-state index in [4.69, 9.17) is 4.74 Å². The topological polar surface area (TPSA) is 92.8 Å². The van der Waals surface area contributed by atoms with E-state index in [-0.39, 0.29) is 30.4 Å². The number of ether oxygens (including phenoxy) is 1. The van der Waals surface area contributed by atoms with Crippen LogP contribution in [0.5, 0.6) is 5.88 Å². The number of carbonyl (C=O) groups excluding carboxylic acids is 1. The molecule has 3 aromatic heterocycles. The minimum atomic E-state index is -2.55. The fourth-order valence-electron chi connectivity index (χ4n) is 4.44. The summed E-state index contributed by atoms with van der Waals surface area (Å²) in [6, 6.07) is 11.0. The molecule has 1 unspecified atom stereocenters. The van der Waals surface area contributed by atoms with Gasteiger partial charge in [-0.2, -0.15) is 5.10 Å². The maximum absolute atomic E-state index is 13.6. The average Bonchev–Trinajstić information content (AvgIpc) is 3.41. The van der Waals surface area contributed by atoms with Crippen molar-refractivity contribution in [2.45, 2.75) is 31.6 Å². The number of aromatic amines is 1. The molecule has 3 heterocycles. The number of fused-ring (bicyclic) bond motifs is 1. The van der Waals surface area contributed by atoms with Gasteiger partial charge in [-0.05, 0) is 54.2 Å². The number of methoxy groups -OCH3 is 1. The first-order valence-electron chi connectivity index (χ1n) is 11.0. The van der Waals surface area contributed by atoms with E-state index < -0.39 is 5.92 Å². The fourth-order valence-corrected chi connectivity index (χ4v) is 4.44. The van der Waals surface area contributed by atoms with Crippen LogP contribution in [0.3, 0.4) is 0 Å². The zero-order chi connectivity index (χ0) is 23.7. The van der Waals surface area contributed by atoms with Gasteiger partial charge in [0, 0.05) is 42.3 Å². The Morgan fingerprint density at radius 3 is 2.79 bits per heavy atom. The lowest BCUT2D eigenvalue weighted by molar-refractivity contribution is 0.00507. The van der Waals surface area contributed by atoms with Crippen LogP contribution in [0, 0.1) is 5.92 Å². The van der Waals surface area contributed by atoms with E-state index in [9.17, 15) is 13.6 Å². The third-order valence-electron chi connectivity index (χ3n) is 6.14. The second-order valence-electron chi connectivity index (χ2n) is 8.63. The van der Waals surface area contributed by atoms with E-state index in [0.717, 1.165) is 22.2 Å². The number of carbonyl (C=O) groups is 1. The molecule has 1 atom stereocenters. The molecule has 0 bridgehead atoms. The number of rotatable bonds is 6. The number of H-pyrrole nitrogens is 1. The normalized spacial score (nSPS) is 17.1. The van der Waals surface area contributed by atoms with E-state index in [1.165, 1.54) is 13.3 Å². The van der Waals surface area contributed by atoms with Gasteiger partial charge in [-0.15, -0.1) is 0 Å². The first-order chi connectivity index (χ1) is 16.4. The number of hydrogen-bond acceptors (Lipinski definition) is 5. The highest BCUT2D eigenvalue weighted by Crippen LogP contribution is 2.40. The second-order valence-corrected chi connectivity index (χ2v) is 8.63. The molecule has 0 aliphatic heterocycles. The van der Waals surface area contributed by atoms with Crippen molar-refractivity contribution in [3.8, 4) is 17.0 Å². The second kappa shape index (κ2) is 8.81. The van der Waals surface area contributed by atoms with Crippen molar-refractivity contribution in [1.29, 1.82) is 0 Å². The van der Waals surface area contributed by atoms with E-state index >= 15 is 0 Å². The maximum atomic E-state index is 13.6. The van der Waals surface area contributed by atoms with Crippen LogP contribution >= 0.6 is 0 Å². The minimum Gasteiger partial charge on any atom is -0.481 e. The van der Waals surface area contributed by atoms with Gasteiger partial charge in [0.25, 0.3) is 5.91 Å². The zero-order valence-corrected chi connectivity index (χ0v) is 18.5. The highest BCUT2D eigenvalue weighted by molar-refractivity contribution is 6.11. The van der Waals surface area contributed by atoms with E-state index in [1.807, 2.05) is 24.3 Å². The smallest absolute Gasteiger partial charge is 0.276 e. The van der Waals surface area contributed by atoms with Crippen molar-refractivity contribution in [3.05, 3.63) is 66.2 Å². The Labute approximate surface area is 194 Å². The molecule has 7 nitrogen and oxygen atoms in total. The van der Waals surface area contributed by atoms with Gasteiger partial charge in [-0.1, -0.05) is 6.07 Å². The molecule has 1 aromatic carbocycles. The van der Waals surface area contributed by atoms with Crippen molar-refractivity contribution in [3.63, 3.8) is 0 Å². The van der Waals surface area contributed by atoms with Crippen LogP contribution in [0.2, 0.25) is 0 Å². The molecule has 1 saturated carbocycles. The first-order valence-corrected chi connectivity index (χ1v) is 11.0. The number of benzene rings is 1. The largest absolute Gasteiger partial charge is 0.481 e. The van der Waals surface area contributed by atoms with Crippen molar-refractivity contribution in [1.82, 2.24) is 20.2 Å². The lowest BCUT2D eigenvalue weighted by atomic mass is 9.96. The van der Waals surface area contributed by atoms with Crippen molar-refractivity contribution >= 4 is 22.5 Å². The standard InChI is InChI=1S/C25H23F2N5O2/c1-34-22-5-3-19(14-29-22)30-24(33)23-20-10-17(2-4-21(20)31-32-23)18-9-16(12-28-13-18)8-15-6-7-25(26,27)11-15/h2-5,9-10,12-15H,6-8,11H2,1H3,(H,30,33)(H,31,32). The number of amides is 1. The molecule has 9 heteroatoms. The Balaban J connectivity index is 1.38. The number of hydrogen-bond donors (Lipinski definition) is 2. The Hall–Kier alpha value is -3.88. The number of aromatic nitrogens is 4. The van der Waals surface area contributed by atoms with Crippen molar-refractivity contribution in [2.24, 2.45) is 5.92 Å². The van der Waals surface area contributed by atoms with Crippen LogP contribution < -0.4 is 10.1 Å². The van der Waals surface area contributed by atoms with Gasteiger partial charge in [0.2, 0.25) is 11.8 Å². The molecule has 1 fully saturated rings. The Morgan fingerprint density at radius 2 is 2.06 bits per heavy atom.